The molecular formula is C25H20IrN-3. The van der Waals surface area contributed by atoms with Crippen LogP contribution in [0.4, 0.5) is 0 Å². The third-order valence-electron chi connectivity index (χ3n) is 3.94. The maximum atomic E-state index is 4.00. The molecule has 0 fully saturated rings. The molecule has 1 aromatic heterocycles. The summed E-state index contributed by atoms with van der Waals surface area (Å²) in [6.45, 7) is 4.00. The number of hydrogen-bond acceptors (Lipinski definition) is 0. The summed E-state index contributed by atoms with van der Waals surface area (Å²) in [5.41, 5.74) is 5.42. The Bertz CT molecular complexity index is 869. The molecule has 2 heteroatoms. The standard InChI is InChI=1S/C13H12N.C12H8.Ir/c1-11-7-3-4-8-12(11)13-9-5-6-10-14(13)2;1-3-7-11(8-4-1)12-9-5-2-6-10-12;/h3-10H,1-2H2;1-7,9H;/q-1;-2;. The third-order valence-corrected chi connectivity index (χ3v) is 3.94. The number of aromatic nitrogens is 1. The number of hydrogen-bond donors (Lipinski definition) is 0. The van der Waals surface area contributed by atoms with E-state index in [2.05, 4.69) is 32.2 Å². The summed E-state index contributed by atoms with van der Waals surface area (Å²) in [5, 5.41) is 0. The molecule has 0 saturated carbocycles. The molecule has 0 atom stereocenters. The normalized spacial score (nSPS) is 9.48. The largest absolute Gasteiger partial charge is 0.343 e. The van der Waals surface area contributed by atoms with Crippen LogP contribution in [0.1, 0.15) is 5.56 Å². The first-order valence-corrected chi connectivity index (χ1v) is 8.42. The molecule has 3 aromatic carbocycles. The first-order valence-electron chi connectivity index (χ1n) is 8.42. The molecule has 0 spiro atoms. The van der Waals surface area contributed by atoms with Crippen molar-refractivity contribution in [3.05, 3.63) is 129 Å². The van der Waals surface area contributed by atoms with Gasteiger partial charge in [-0.3, -0.25) is 0 Å². The summed E-state index contributed by atoms with van der Waals surface area (Å²) in [5.74, 6) is 0. The summed E-state index contributed by atoms with van der Waals surface area (Å²) >= 11 is 0. The number of pyridine rings is 1. The Balaban J connectivity index is 0.000000189. The average Bonchev–Trinajstić information content (AvgIpc) is 2.71. The summed E-state index contributed by atoms with van der Waals surface area (Å²) in [4.78, 5) is 0. The molecule has 0 amide bonds. The van der Waals surface area contributed by atoms with Crippen molar-refractivity contribution in [3.63, 3.8) is 0 Å². The van der Waals surface area contributed by atoms with Crippen molar-refractivity contribution in [2.24, 2.45) is 0 Å². The van der Waals surface area contributed by atoms with Gasteiger partial charge in [0.2, 0.25) is 0 Å². The molecule has 0 bridgehead atoms. The smallest absolute Gasteiger partial charge is 0.0686 e. The molecule has 0 N–H and O–H groups in total. The minimum atomic E-state index is 0. The van der Waals surface area contributed by atoms with Crippen molar-refractivity contribution < 1.29 is 24.7 Å². The van der Waals surface area contributed by atoms with E-state index < -0.39 is 0 Å². The SMILES string of the molecule is [CH2-]c1ccccc1-c1cccc[n+]1[CH2-].[Ir].[c-]1ccccc1-c1[c-]cccc1. The van der Waals surface area contributed by atoms with E-state index in [-0.39, 0.29) is 20.1 Å². The zero-order valence-corrected chi connectivity index (χ0v) is 17.3. The van der Waals surface area contributed by atoms with Gasteiger partial charge in [-0.15, -0.1) is 29.8 Å². The average molecular weight is 527 g/mol. The zero-order chi connectivity index (χ0) is 18.2. The van der Waals surface area contributed by atoms with Crippen LogP contribution in [0, 0.1) is 26.1 Å². The second-order valence-electron chi connectivity index (χ2n) is 5.77. The molecule has 4 aromatic rings. The van der Waals surface area contributed by atoms with Gasteiger partial charge in [-0.1, -0.05) is 24.3 Å². The van der Waals surface area contributed by atoms with Crippen LogP contribution in [-0.2, 0) is 20.1 Å². The van der Waals surface area contributed by atoms with Crippen molar-refractivity contribution in [1.82, 2.24) is 0 Å². The van der Waals surface area contributed by atoms with Gasteiger partial charge < -0.3 is 4.57 Å². The van der Waals surface area contributed by atoms with E-state index in [4.69, 9.17) is 0 Å². The first-order chi connectivity index (χ1) is 12.8. The minimum absolute atomic E-state index is 0. The van der Waals surface area contributed by atoms with E-state index in [1.54, 1.807) is 0 Å². The van der Waals surface area contributed by atoms with Gasteiger partial charge in [0, 0.05) is 27.2 Å². The maximum absolute atomic E-state index is 4.00. The van der Waals surface area contributed by atoms with Crippen LogP contribution in [0.25, 0.3) is 22.4 Å². The summed E-state index contributed by atoms with van der Waals surface area (Å²) in [6.07, 6.45) is 1.93. The van der Waals surface area contributed by atoms with E-state index in [9.17, 15) is 0 Å². The number of nitrogens with zero attached hydrogens (tertiary/aromatic N) is 1. The molecule has 0 saturated heterocycles. The van der Waals surface area contributed by atoms with E-state index in [1.807, 2.05) is 95.7 Å². The van der Waals surface area contributed by atoms with Crippen LogP contribution in [-0.4, -0.2) is 0 Å². The first kappa shape index (κ1) is 20.5. The Morgan fingerprint density at radius 1 is 0.667 bits per heavy atom. The van der Waals surface area contributed by atoms with Crippen molar-refractivity contribution >= 4 is 0 Å². The predicted octanol–water partition coefficient (Wildman–Crippen LogP) is 5.41. The fraction of sp³-hybridized carbons (Fsp3) is 0. The second-order valence-corrected chi connectivity index (χ2v) is 5.77. The maximum Gasteiger partial charge on any atom is 0.0686 e. The van der Waals surface area contributed by atoms with Gasteiger partial charge >= 0.3 is 0 Å². The van der Waals surface area contributed by atoms with Crippen LogP contribution in [0.2, 0.25) is 0 Å². The Morgan fingerprint density at radius 2 is 1.22 bits per heavy atom. The van der Waals surface area contributed by atoms with Crippen LogP contribution in [0.15, 0.2) is 97.2 Å². The fourth-order valence-electron chi connectivity index (χ4n) is 2.61. The molecule has 27 heavy (non-hydrogen) atoms. The molecule has 1 radical (unpaired) electrons. The Morgan fingerprint density at radius 3 is 1.74 bits per heavy atom. The monoisotopic (exact) mass is 527 g/mol. The van der Waals surface area contributed by atoms with Crippen LogP contribution >= 0.6 is 0 Å². The molecule has 1 heterocycles. The Kier molecular flexibility index (Phi) is 7.88. The van der Waals surface area contributed by atoms with Gasteiger partial charge in [0.1, 0.15) is 0 Å². The summed E-state index contributed by atoms with van der Waals surface area (Å²) in [6, 6.07) is 36.2. The molecular weight excluding hydrogens is 506 g/mol. The van der Waals surface area contributed by atoms with Gasteiger partial charge in [0.05, 0.1) is 11.9 Å². The van der Waals surface area contributed by atoms with Gasteiger partial charge in [-0.2, -0.15) is 67.1 Å². The van der Waals surface area contributed by atoms with Gasteiger partial charge in [-0.25, -0.2) is 11.1 Å². The zero-order valence-electron chi connectivity index (χ0n) is 14.9. The van der Waals surface area contributed by atoms with E-state index in [0.717, 1.165) is 27.9 Å². The Hall–Kier alpha value is -2.80. The fourth-order valence-corrected chi connectivity index (χ4v) is 2.61. The minimum Gasteiger partial charge on any atom is -0.343 e. The molecule has 0 aliphatic heterocycles. The van der Waals surface area contributed by atoms with Crippen molar-refractivity contribution in [2.45, 2.75) is 0 Å². The summed E-state index contributed by atoms with van der Waals surface area (Å²) in [7, 11) is 3.93. The van der Waals surface area contributed by atoms with Crippen LogP contribution in [0.5, 0.6) is 0 Å². The van der Waals surface area contributed by atoms with Crippen LogP contribution in [0.3, 0.4) is 0 Å². The van der Waals surface area contributed by atoms with E-state index in [1.165, 1.54) is 0 Å². The van der Waals surface area contributed by atoms with Crippen molar-refractivity contribution in [2.75, 3.05) is 0 Å². The summed E-state index contributed by atoms with van der Waals surface area (Å²) < 4.78 is 1.85. The molecule has 0 aliphatic carbocycles. The topological polar surface area (TPSA) is 3.88 Å². The Labute approximate surface area is 175 Å². The van der Waals surface area contributed by atoms with Crippen LogP contribution < -0.4 is 4.57 Å². The van der Waals surface area contributed by atoms with Crippen molar-refractivity contribution in [3.8, 4) is 22.4 Å². The van der Waals surface area contributed by atoms with Gasteiger partial charge in [0.25, 0.3) is 0 Å². The quantitative estimate of drug-likeness (QED) is 0.243. The van der Waals surface area contributed by atoms with E-state index >= 15 is 0 Å². The predicted molar refractivity (Wildman–Crippen MR) is 107 cm³/mol. The van der Waals surface area contributed by atoms with E-state index in [0.29, 0.717) is 0 Å². The second kappa shape index (κ2) is 10.4. The number of benzene rings is 3. The van der Waals surface area contributed by atoms with Crippen molar-refractivity contribution in [1.29, 1.82) is 0 Å². The third kappa shape index (κ3) is 5.59. The molecule has 1 nitrogen and oxygen atoms in total. The molecule has 0 aliphatic rings. The number of rotatable bonds is 2. The molecule has 0 unspecified atom stereocenters. The molecule has 4 rings (SSSR count). The van der Waals surface area contributed by atoms with Gasteiger partial charge in [0.15, 0.2) is 0 Å². The van der Waals surface area contributed by atoms with Gasteiger partial charge in [-0.05, 0) is 0 Å². The molecule has 137 valence electrons.